The van der Waals surface area contributed by atoms with Crippen LogP contribution in [0.2, 0.25) is 0 Å². The summed E-state index contributed by atoms with van der Waals surface area (Å²) in [5.41, 5.74) is 6.93. The Kier molecular flexibility index (Phi) is 3.12. The van der Waals surface area contributed by atoms with Gasteiger partial charge in [0.25, 0.3) is 0 Å². The highest BCUT2D eigenvalue weighted by molar-refractivity contribution is 5.45. The molecule has 1 aliphatic heterocycles. The molecule has 1 aromatic rings. The summed E-state index contributed by atoms with van der Waals surface area (Å²) < 4.78 is 0. The number of piperidine rings is 1. The van der Waals surface area contributed by atoms with Gasteiger partial charge in [-0.05, 0) is 31.5 Å². The van der Waals surface area contributed by atoms with Crippen LogP contribution in [0.4, 0.5) is 5.69 Å². The van der Waals surface area contributed by atoms with Crippen LogP contribution in [0.3, 0.4) is 0 Å². The summed E-state index contributed by atoms with van der Waals surface area (Å²) in [6, 6.07) is 1.79. The summed E-state index contributed by atoms with van der Waals surface area (Å²) in [6.07, 6.45) is 5.65. The summed E-state index contributed by atoms with van der Waals surface area (Å²) in [7, 11) is 2.08. The van der Waals surface area contributed by atoms with Crippen LogP contribution >= 0.6 is 0 Å². The molecule has 1 aromatic heterocycles. The molecule has 16 heavy (non-hydrogen) atoms. The number of hydrogen-bond acceptors (Lipinski definition) is 4. The Bertz CT molecular complexity index is 359. The van der Waals surface area contributed by atoms with Crippen LogP contribution in [0.15, 0.2) is 18.5 Å². The lowest BCUT2D eigenvalue weighted by Crippen LogP contribution is -2.44. The highest BCUT2D eigenvalue weighted by Gasteiger charge is 2.31. The number of nitrogens with two attached hydrogens (primary N) is 1. The van der Waals surface area contributed by atoms with Gasteiger partial charge in [-0.2, -0.15) is 0 Å². The average molecular weight is 221 g/mol. The van der Waals surface area contributed by atoms with Gasteiger partial charge in [-0.3, -0.25) is 4.98 Å². The van der Waals surface area contributed by atoms with Crippen LogP contribution < -0.4 is 5.73 Å². The van der Waals surface area contributed by atoms with Gasteiger partial charge >= 0.3 is 0 Å². The zero-order valence-corrected chi connectivity index (χ0v) is 9.69. The topological polar surface area (TPSA) is 62.4 Å². The monoisotopic (exact) mass is 221 g/mol. The first-order valence-electron chi connectivity index (χ1n) is 5.68. The summed E-state index contributed by atoms with van der Waals surface area (Å²) in [6.45, 7) is 1.88. The number of rotatable bonds is 2. The average Bonchev–Trinajstić information content (AvgIpc) is 2.27. The molecular weight excluding hydrogens is 202 g/mol. The number of nitrogen functional groups attached to an aromatic ring is 1. The SMILES string of the molecule is CN1CCC(O)(Cc2cnccc2N)CC1. The Morgan fingerprint density at radius 2 is 2.19 bits per heavy atom. The van der Waals surface area contributed by atoms with E-state index in [0.29, 0.717) is 6.42 Å². The molecule has 0 aromatic carbocycles. The molecule has 0 bridgehead atoms. The van der Waals surface area contributed by atoms with Crippen molar-refractivity contribution >= 4 is 5.69 Å². The van der Waals surface area contributed by atoms with Crippen LogP contribution in [-0.2, 0) is 6.42 Å². The normalized spacial score (nSPS) is 20.9. The lowest BCUT2D eigenvalue weighted by atomic mass is 9.85. The van der Waals surface area contributed by atoms with Crippen molar-refractivity contribution in [1.29, 1.82) is 0 Å². The van der Waals surface area contributed by atoms with Crippen molar-refractivity contribution in [2.75, 3.05) is 25.9 Å². The van der Waals surface area contributed by atoms with Crippen molar-refractivity contribution in [2.45, 2.75) is 24.9 Å². The van der Waals surface area contributed by atoms with Crippen LogP contribution in [0.5, 0.6) is 0 Å². The minimum absolute atomic E-state index is 0.607. The van der Waals surface area contributed by atoms with Crippen molar-refractivity contribution in [3.63, 3.8) is 0 Å². The largest absolute Gasteiger partial charge is 0.398 e. The zero-order chi connectivity index (χ0) is 11.6. The van der Waals surface area contributed by atoms with Crippen LogP contribution in [0.1, 0.15) is 18.4 Å². The van der Waals surface area contributed by atoms with E-state index < -0.39 is 5.60 Å². The maximum Gasteiger partial charge on any atom is 0.0713 e. The minimum atomic E-state index is -0.607. The molecule has 4 nitrogen and oxygen atoms in total. The van der Waals surface area contributed by atoms with Gasteiger partial charge in [0.05, 0.1) is 5.60 Å². The van der Waals surface area contributed by atoms with Crippen LogP contribution in [0, 0.1) is 0 Å². The third-order valence-electron chi connectivity index (χ3n) is 3.38. The number of likely N-dealkylation sites (tertiary alicyclic amines) is 1. The van der Waals surface area contributed by atoms with Gasteiger partial charge in [-0.15, -0.1) is 0 Å². The van der Waals surface area contributed by atoms with E-state index in [1.165, 1.54) is 0 Å². The van der Waals surface area contributed by atoms with E-state index >= 15 is 0 Å². The number of aromatic nitrogens is 1. The van der Waals surface area contributed by atoms with Crippen molar-refractivity contribution in [3.05, 3.63) is 24.0 Å². The summed E-state index contributed by atoms with van der Waals surface area (Å²) in [5.74, 6) is 0. The highest BCUT2D eigenvalue weighted by Crippen LogP contribution is 2.27. The van der Waals surface area contributed by atoms with E-state index in [4.69, 9.17) is 5.73 Å². The number of pyridine rings is 1. The second-order valence-corrected chi connectivity index (χ2v) is 4.78. The smallest absolute Gasteiger partial charge is 0.0713 e. The summed E-state index contributed by atoms with van der Waals surface area (Å²) in [5, 5.41) is 10.5. The van der Waals surface area contributed by atoms with Crippen molar-refractivity contribution < 1.29 is 5.11 Å². The Balaban J connectivity index is 2.07. The molecule has 0 aliphatic carbocycles. The van der Waals surface area contributed by atoms with Gasteiger partial charge in [0, 0.05) is 37.6 Å². The minimum Gasteiger partial charge on any atom is -0.398 e. The van der Waals surface area contributed by atoms with Crippen LogP contribution in [0.25, 0.3) is 0 Å². The second kappa shape index (κ2) is 4.39. The third-order valence-corrected chi connectivity index (χ3v) is 3.38. The predicted molar refractivity (Wildman–Crippen MR) is 64.0 cm³/mol. The molecule has 1 aliphatic rings. The van der Waals surface area contributed by atoms with Gasteiger partial charge in [-0.1, -0.05) is 0 Å². The van der Waals surface area contributed by atoms with Gasteiger partial charge in [0.2, 0.25) is 0 Å². The van der Waals surface area contributed by atoms with E-state index in [1.807, 2.05) is 0 Å². The summed E-state index contributed by atoms with van der Waals surface area (Å²) in [4.78, 5) is 6.29. The summed E-state index contributed by atoms with van der Waals surface area (Å²) >= 11 is 0. The molecule has 3 N–H and O–H groups in total. The standard InChI is InChI=1S/C12H19N3O/c1-15-6-3-12(16,4-7-15)8-10-9-14-5-2-11(10)13/h2,5,9,16H,3-4,6-8H2,1H3,(H2,13,14). The molecule has 4 heteroatoms. The fraction of sp³-hybridized carbons (Fsp3) is 0.583. The lowest BCUT2D eigenvalue weighted by molar-refractivity contribution is -0.0149. The molecule has 1 fully saturated rings. The van der Waals surface area contributed by atoms with E-state index in [-0.39, 0.29) is 0 Å². The number of nitrogens with zero attached hydrogens (tertiary/aromatic N) is 2. The molecule has 0 unspecified atom stereocenters. The molecule has 2 rings (SSSR count). The van der Waals surface area contributed by atoms with Crippen molar-refractivity contribution in [3.8, 4) is 0 Å². The first-order chi connectivity index (χ1) is 7.59. The van der Waals surface area contributed by atoms with E-state index in [1.54, 1.807) is 18.5 Å². The predicted octanol–water partition coefficient (Wildman–Crippen LogP) is 0.663. The quantitative estimate of drug-likeness (QED) is 0.770. The fourth-order valence-electron chi connectivity index (χ4n) is 2.15. The Morgan fingerprint density at radius 3 is 2.81 bits per heavy atom. The van der Waals surface area contributed by atoms with Gasteiger partial charge in [0.15, 0.2) is 0 Å². The fourth-order valence-corrected chi connectivity index (χ4v) is 2.15. The maximum atomic E-state index is 10.5. The molecule has 88 valence electrons. The highest BCUT2D eigenvalue weighted by atomic mass is 16.3. The molecule has 0 saturated carbocycles. The number of hydrogen-bond donors (Lipinski definition) is 2. The van der Waals surface area contributed by atoms with Gasteiger partial charge < -0.3 is 15.7 Å². The lowest BCUT2D eigenvalue weighted by Gasteiger charge is -2.36. The Labute approximate surface area is 96.1 Å². The molecule has 0 radical (unpaired) electrons. The van der Waals surface area contributed by atoms with Crippen LogP contribution in [-0.4, -0.2) is 40.7 Å². The van der Waals surface area contributed by atoms with Crippen molar-refractivity contribution in [1.82, 2.24) is 9.88 Å². The molecule has 0 amide bonds. The number of aliphatic hydroxyl groups is 1. The molecule has 0 spiro atoms. The zero-order valence-electron chi connectivity index (χ0n) is 9.69. The first kappa shape index (κ1) is 11.4. The molecule has 1 saturated heterocycles. The van der Waals surface area contributed by atoms with Crippen molar-refractivity contribution in [2.24, 2.45) is 0 Å². The van der Waals surface area contributed by atoms with E-state index in [9.17, 15) is 5.11 Å². The molecule has 0 atom stereocenters. The molecular formula is C12H19N3O. The second-order valence-electron chi connectivity index (χ2n) is 4.78. The van der Waals surface area contributed by atoms with Gasteiger partial charge in [-0.25, -0.2) is 0 Å². The Hall–Kier alpha value is -1.13. The van der Waals surface area contributed by atoms with E-state index in [0.717, 1.165) is 37.2 Å². The third kappa shape index (κ3) is 2.51. The van der Waals surface area contributed by atoms with Gasteiger partial charge in [0.1, 0.15) is 0 Å². The Morgan fingerprint density at radius 1 is 1.50 bits per heavy atom. The maximum absolute atomic E-state index is 10.5. The first-order valence-corrected chi connectivity index (χ1v) is 5.68. The number of anilines is 1. The molecule has 2 heterocycles. The van der Waals surface area contributed by atoms with E-state index in [2.05, 4.69) is 16.9 Å².